The Morgan fingerprint density at radius 1 is 1.21 bits per heavy atom. The molecule has 0 bridgehead atoms. The summed E-state index contributed by atoms with van der Waals surface area (Å²) in [6.07, 6.45) is -0.677. The average Bonchev–Trinajstić information content (AvgIpc) is 3.36. The third kappa shape index (κ3) is 4.09. The molecule has 132 valence electrons. The van der Waals surface area contributed by atoms with Gasteiger partial charge in [0.1, 0.15) is 0 Å². The van der Waals surface area contributed by atoms with E-state index in [2.05, 4.69) is 12.2 Å². The fourth-order valence-corrected chi connectivity index (χ4v) is 3.36. The van der Waals surface area contributed by atoms with Crippen molar-refractivity contribution in [1.29, 1.82) is 0 Å². The average molecular weight is 340 g/mol. The van der Waals surface area contributed by atoms with Crippen molar-refractivity contribution in [3.05, 3.63) is 35.4 Å². The van der Waals surface area contributed by atoms with Gasteiger partial charge >= 0.3 is 6.18 Å². The molecule has 1 heterocycles. The topological polar surface area (TPSA) is 32.3 Å². The Hall–Kier alpha value is -1.56. The van der Waals surface area contributed by atoms with Crippen LogP contribution in [-0.4, -0.2) is 29.4 Å². The highest BCUT2D eigenvalue weighted by molar-refractivity contribution is 5.79. The molecule has 6 heteroatoms. The van der Waals surface area contributed by atoms with Crippen LogP contribution in [0.25, 0.3) is 0 Å². The summed E-state index contributed by atoms with van der Waals surface area (Å²) in [5.74, 6) is 0.182. The van der Waals surface area contributed by atoms with E-state index < -0.39 is 11.7 Å². The van der Waals surface area contributed by atoms with Gasteiger partial charge in [-0.3, -0.25) is 4.79 Å². The lowest BCUT2D eigenvalue weighted by Crippen LogP contribution is -2.44. The number of halogens is 3. The van der Waals surface area contributed by atoms with Crippen LogP contribution in [0.15, 0.2) is 24.3 Å². The smallest absolute Gasteiger partial charge is 0.335 e. The Balaban J connectivity index is 1.69. The molecule has 2 atom stereocenters. The Morgan fingerprint density at radius 2 is 1.88 bits per heavy atom. The molecule has 3 rings (SSSR count). The van der Waals surface area contributed by atoms with Gasteiger partial charge in [-0.05, 0) is 56.8 Å². The summed E-state index contributed by atoms with van der Waals surface area (Å²) >= 11 is 0. The van der Waals surface area contributed by atoms with Crippen LogP contribution in [0.2, 0.25) is 0 Å². The van der Waals surface area contributed by atoms with Gasteiger partial charge in [0.25, 0.3) is 0 Å². The van der Waals surface area contributed by atoms with E-state index in [1.807, 2.05) is 4.90 Å². The van der Waals surface area contributed by atoms with E-state index in [0.717, 1.165) is 49.9 Å². The highest BCUT2D eigenvalue weighted by Crippen LogP contribution is 2.33. The number of nitrogens with zero attached hydrogens (tertiary/aromatic N) is 1. The second-order valence-corrected chi connectivity index (χ2v) is 6.97. The summed E-state index contributed by atoms with van der Waals surface area (Å²) in [4.78, 5) is 14.8. The number of piperidine rings is 1. The van der Waals surface area contributed by atoms with Crippen molar-refractivity contribution >= 4 is 5.91 Å². The first-order valence-corrected chi connectivity index (χ1v) is 8.54. The first-order chi connectivity index (χ1) is 11.3. The number of rotatable bonds is 4. The van der Waals surface area contributed by atoms with E-state index in [4.69, 9.17) is 0 Å². The lowest BCUT2D eigenvalue weighted by molar-refractivity contribution is -0.139. The maximum absolute atomic E-state index is 12.9. The number of amides is 1. The van der Waals surface area contributed by atoms with Crippen molar-refractivity contribution in [3.8, 4) is 0 Å². The predicted molar refractivity (Wildman–Crippen MR) is 85.2 cm³/mol. The highest BCUT2D eigenvalue weighted by Gasteiger charge is 2.37. The molecule has 1 aliphatic carbocycles. The molecule has 1 amide bonds. The molecule has 24 heavy (non-hydrogen) atoms. The van der Waals surface area contributed by atoms with Gasteiger partial charge in [0.15, 0.2) is 0 Å². The first kappa shape index (κ1) is 17.3. The fraction of sp³-hybridized carbons (Fsp3) is 0.611. The summed E-state index contributed by atoms with van der Waals surface area (Å²) < 4.78 is 38.0. The highest BCUT2D eigenvalue weighted by atomic mass is 19.4. The summed E-state index contributed by atoms with van der Waals surface area (Å²) in [6, 6.07) is 5.74. The summed E-state index contributed by atoms with van der Waals surface area (Å²) in [7, 11) is 0. The minimum Gasteiger partial charge on any atom is -0.335 e. The Bertz CT molecular complexity index is 581. The molecule has 1 aromatic rings. The van der Waals surface area contributed by atoms with E-state index >= 15 is 0 Å². The number of benzene rings is 1. The van der Waals surface area contributed by atoms with Gasteiger partial charge in [0.05, 0.1) is 5.56 Å². The molecular formula is C18H23F3N2O. The maximum Gasteiger partial charge on any atom is 0.416 e. The fourth-order valence-electron chi connectivity index (χ4n) is 3.36. The summed E-state index contributed by atoms with van der Waals surface area (Å²) in [5.41, 5.74) is 0.105. The van der Waals surface area contributed by atoms with Gasteiger partial charge < -0.3 is 10.2 Å². The second-order valence-electron chi connectivity index (χ2n) is 6.97. The minimum atomic E-state index is -4.32. The van der Waals surface area contributed by atoms with Crippen molar-refractivity contribution in [3.63, 3.8) is 0 Å². The number of carbonyl (C=O) groups excluding carboxylic acids is 1. The Kier molecular flexibility index (Phi) is 4.85. The lowest BCUT2D eigenvalue weighted by Gasteiger charge is -2.32. The number of alkyl halides is 3. The van der Waals surface area contributed by atoms with E-state index in [9.17, 15) is 18.0 Å². The molecule has 0 radical (unpaired) electrons. The number of hydrogen-bond acceptors (Lipinski definition) is 2. The third-order valence-corrected chi connectivity index (χ3v) is 4.88. The lowest BCUT2D eigenvalue weighted by atomic mass is 9.91. The normalized spacial score (nSPS) is 24.7. The van der Waals surface area contributed by atoms with Crippen molar-refractivity contribution in [2.45, 2.75) is 57.4 Å². The number of nitrogens with one attached hydrogen (secondary N) is 1. The van der Waals surface area contributed by atoms with E-state index in [0.29, 0.717) is 12.6 Å². The predicted octanol–water partition coefficient (Wildman–Crippen LogP) is 3.58. The van der Waals surface area contributed by atoms with Crippen molar-refractivity contribution < 1.29 is 18.0 Å². The van der Waals surface area contributed by atoms with Crippen LogP contribution in [0.3, 0.4) is 0 Å². The van der Waals surface area contributed by atoms with Crippen LogP contribution in [0, 0.1) is 5.92 Å². The molecule has 1 aromatic carbocycles. The molecule has 2 aliphatic rings. The zero-order valence-corrected chi connectivity index (χ0v) is 13.8. The molecule has 3 nitrogen and oxygen atoms in total. The molecule has 0 aromatic heterocycles. The van der Waals surface area contributed by atoms with E-state index in [1.165, 1.54) is 12.1 Å². The SMILES string of the molecule is C[C@H]1C[C@@H](C(=O)N(Cc2ccc(C(F)(F)F)cc2)C2CC2)CCN1. The van der Waals surface area contributed by atoms with Crippen molar-refractivity contribution in [1.82, 2.24) is 10.2 Å². The molecule has 0 unspecified atom stereocenters. The molecule has 1 saturated heterocycles. The van der Waals surface area contributed by atoms with Crippen LogP contribution < -0.4 is 5.32 Å². The van der Waals surface area contributed by atoms with Gasteiger partial charge in [-0.25, -0.2) is 0 Å². The zero-order valence-electron chi connectivity index (χ0n) is 13.8. The number of carbonyl (C=O) groups is 1. The summed E-state index contributed by atoms with van der Waals surface area (Å²) in [6.45, 7) is 3.33. The van der Waals surface area contributed by atoms with Crippen molar-refractivity contribution in [2.24, 2.45) is 5.92 Å². The molecule has 1 N–H and O–H groups in total. The van der Waals surface area contributed by atoms with Gasteiger partial charge in [-0.15, -0.1) is 0 Å². The Labute approximate surface area is 140 Å². The van der Waals surface area contributed by atoms with E-state index in [-0.39, 0.29) is 17.9 Å². The van der Waals surface area contributed by atoms with Gasteiger partial charge in [0.2, 0.25) is 5.91 Å². The largest absolute Gasteiger partial charge is 0.416 e. The monoisotopic (exact) mass is 340 g/mol. The van der Waals surface area contributed by atoms with Crippen LogP contribution in [-0.2, 0) is 17.5 Å². The molecule has 1 saturated carbocycles. The quantitative estimate of drug-likeness (QED) is 0.909. The molecular weight excluding hydrogens is 317 g/mol. The zero-order chi connectivity index (χ0) is 17.3. The molecule has 2 fully saturated rings. The maximum atomic E-state index is 12.9. The summed E-state index contributed by atoms with van der Waals surface area (Å²) in [5, 5.41) is 3.34. The third-order valence-electron chi connectivity index (χ3n) is 4.88. The Morgan fingerprint density at radius 3 is 2.42 bits per heavy atom. The standard InChI is InChI=1S/C18H23F3N2O/c1-12-10-14(8-9-22-12)17(24)23(16-6-7-16)11-13-2-4-15(5-3-13)18(19,20)21/h2-5,12,14,16,22H,6-11H2,1H3/t12-,14-/m0/s1. The van der Waals surface area contributed by atoms with Gasteiger partial charge in [-0.2, -0.15) is 13.2 Å². The van der Waals surface area contributed by atoms with Crippen LogP contribution in [0.4, 0.5) is 13.2 Å². The molecule has 0 spiro atoms. The second kappa shape index (κ2) is 6.75. The van der Waals surface area contributed by atoms with Crippen LogP contribution in [0.5, 0.6) is 0 Å². The molecule has 1 aliphatic heterocycles. The number of hydrogen-bond donors (Lipinski definition) is 1. The van der Waals surface area contributed by atoms with Crippen molar-refractivity contribution in [2.75, 3.05) is 6.54 Å². The van der Waals surface area contributed by atoms with Gasteiger partial charge in [-0.1, -0.05) is 12.1 Å². The first-order valence-electron chi connectivity index (χ1n) is 8.54. The minimum absolute atomic E-state index is 0.0244. The van der Waals surface area contributed by atoms with Gasteiger partial charge in [0, 0.05) is 24.5 Å². The van der Waals surface area contributed by atoms with E-state index in [1.54, 1.807) is 0 Å². The van der Waals surface area contributed by atoms with Crippen LogP contribution in [0.1, 0.15) is 43.7 Å². The van der Waals surface area contributed by atoms with Crippen LogP contribution >= 0.6 is 0 Å².